The molecule has 0 saturated carbocycles. The van der Waals surface area contributed by atoms with Crippen LogP contribution in [0.25, 0.3) is 0 Å². The molecule has 1 atom stereocenters. The highest BCUT2D eigenvalue weighted by Crippen LogP contribution is 2.37. The molecule has 2 N–H and O–H groups in total. The first-order chi connectivity index (χ1) is 9.44. The first-order valence-electron chi connectivity index (χ1n) is 5.93. The van der Waals surface area contributed by atoms with Crippen LogP contribution in [0.2, 0.25) is 0 Å². The number of benzene rings is 1. The molecule has 8 heteroatoms. The maximum atomic E-state index is 12.2. The number of alkyl halides is 3. The Morgan fingerprint density at radius 2 is 2.05 bits per heavy atom. The second-order valence-corrected chi connectivity index (χ2v) is 5.26. The van der Waals surface area contributed by atoms with Gasteiger partial charge in [-0.05, 0) is 36.0 Å². The summed E-state index contributed by atoms with van der Waals surface area (Å²) in [7, 11) is 0. The minimum Gasteiger partial charge on any atom is -0.366 e. The van der Waals surface area contributed by atoms with Crippen LogP contribution in [0, 0.1) is 0 Å². The Morgan fingerprint density at radius 1 is 1.35 bits per heavy atom. The summed E-state index contributed by atoms with van der Waals surface area (Å²) in [5, 5.41) is 5.63. The van der Waals surface area contributed by atoms with Crippen molar-refractivity contribution in [2.24, 2.45) is 0 Å². The summed E-state index contributed by atoms with van der Waals surface area (Å²) in [6.07, 6.45) is -0.576. The molecule has 110 valence electrons. The SMILES string of the molecule is O=C(Nc1ccc(SC(F)(F)F)cc1)C1CNCCO1. The Kier molecular flexibility index (Phi) is 4.90. The molecule has 2 rings (SSSR count). The Labute approximate surface area is 118 Å². The van der Waals surface area contributed by atoms with E-state index < -0.39 is 11.6 Å². The minimum absolute atomic E-state index is 0.0751. The first-order valence-corrected chi connectivity index (χ1v) is 6.75. The number of rotatable bonds is 3. The van der Waals surface area contributed by atoms with Crippen LogP contribution in [-0.4, -0.2) is 37.2 Å². The zero-order chi connectivity index (χ0) is 14.6. The number of thioether (sulfide) groups is 1. The molecule has 0 aromatic heterocycles. The lowest BCUT2D eigenvalue weighted by molar-refractivity contribution is -0.128. The number of ether oxygens (including phenoxy) is 1. The van der Waals surface area contributed by atoms with Crippen molar-refractivity contribution >= 4 is 23.4 Å². The van der Waals surface area contributed by atoms with E-state index in [2.05, 4.69) is 10.6 Å². The van der Waals surface area contributed by atoms with E-state index in [-0.39, 0.29) is 22.6 Å². The van der Waals surface area contributed by atoms with Crippen molar-refractivity contribution in [3.8, 4) is 0 Å². The molecule has 0 radical (unpaired) electrons. The van der Waals surface area contributed by atoms with E-state index in [0.717, 1.165) is 0 Å². The molecule has 1 aromatic rings. The monoisotopic (exact) mass is 306 g/mol. The van der Waals surface area contributed by atoms with Gasteiger partial charge < -0.3 is 15.4 Å². The molecule has 1 aliphatic heterocycles. The molecule has 1 fully saturated rings. The number of halogens is 3. The molecule has 1 amide bonds. The molecule has 0 aliphatic carbocycles. The molecular formula is C12H13F3N2O2S. The predicted octanol–water partition coefficient (Wildman–Crippen LogP) is 2.23. The van der Waals surface area contributed by atoms with Gasteiger partial charge in [0.25, 0.3) is 5.91 Å². The molecule has 20 heavy (non-hydrogen) atoms. The number of hydrogen-bond acceptors (Lipinski definition) is 4. The second-order valence-electron chi connectivity index (χ2n) is 4.12. The van der Waals surface area contributed by atoms with Crippen molar-refractivity contribution < 1.29 is 22.7 Å². The number of amides is 1. The molecule has 1 aliphatic rings. The normalized spacial score (nSPS) is 19.6. The quantitative estimate of drug-likeness (QED) is 0.841. The van der Waals surface area contributed by atoms with E-state index in [9.17, 15) is 18.0 Å². The average Bonchev–Trinajstić information content (AvgIpc) is 2.40. The van der Waals surface area contributed by atoms with Gasteiger partial charge in [0.05, 0.1) is 6.61 Å². The Hall–Kier alpha value is -1.25. The van der Waals surface area contributed by atoms with Crippen molar-refractivity contribution in [2.45, 2.75) is 16.5 Å². The van der Waals surface area contributed by atoms with Gasteiger partial charge in [0.2, 0.25) is 0 Å². The average molecular weight is 306 g/mol. The summed E-state index contributed by atoms with van der Waals surface area (Å²) in [4.78, 5) is 11.9. The molecule has 1 saturated heterocycles. The van der Waals surface area contributed by atoms with Crippen molar-refractivity contribution in [1.29, 1.82) is 0 Å². The van der Waals surface area contributed by atoms with Crippen molar-refractivity contribution in [3.05, 3.63) is 24.3 Å². The summed E-state index contributed by atoms with van der Waals surface area (Å²) in [6.45, 7) is 1.58. The smallest absolute Gasteiger partial charge is 0.366 e. The third-order valence-electron chi connectivity index (χ3n) is 2.58. The van der Waals surface area contributed by atoms with Gasteiger partial charge in [0.15, 0.2) is 0 Å². The number of carbonyl (C=O) groups is 1. The lowest BCUT2D eigenvalue weighted by Gasteiger charge is -2.22. The molecule has 1 heterocycles. The van der Waals surface area contributed by atoms with Crippen LogP contribution in [0.4, 0.5) is 18.9 Å². The third-order valence-corrected chi connectivity index (χ3v) is 3.31. The highest BCUT2D eigenvalue weighted by Gasteiger charge is 2.29. The van der Waals surface area contributed by atoms with Gasteiger partial charge in [-0.2, -0.15) is 13.2 Å². The number of hydrogen-bond donors (Lipinski definition) is 2. The van der Waals surface area contributed by atoms with Gasteiger partial charge in [-0.15, -0.1) is 0 Å². The minimum atomic E-state index is -4.31. The largest absolute Gasteiger partial charge is 0.446 e. The lowest BCUT2D eigenvalue weighted by Crippen LogP contribution is -2.45. The fourth-order valence-corrected chi connectivity index (χ4v) is 2.24. The first kappa shape index (κ1) is 15.1. The van der Waals surface area contributed by atoms with E-state index >= 15 is 0 Å². The van der Waals surface area contributed by atoms with Crippen LogP contribution in [0.15, 0.2) is 29.2 Å². The van der Waals surface area contributed by atoms with Crippen LogP contribution in [0.1, 0.15) is 0 Å². The number of carbonyl (C=O) groups excluding carboxylic acids is 1. The van der Waals surface area contributed by atoms with Gasteiger partial charge in [-0.1, -0.05) is 0 Å². The summed E-state index contributed by atoms with van der Waals surface area (Å²) < 4.78 is 41.8. The van der Waals surface area contributed by atoms with E-state index in [1.807, 2.05) is 0 Å². The van der Waals surface area contributed by atoms with Gasteiger partial charge in [0.1, 0.15) is 6.10 Å². The fourth-order valence-electron chi connectivity index (χ4n) is 1.70. The van der Waals surface area contributed by atoms with Crippen LogP contribution < -0.4 is 10.6 Å². The number of nitrogens with one attached hydrogen (secondary N) is 2. The van der Waals surface area contributed by atoms with Gasteiger partial charge in [-0.25, -0.2) is 0 Å². The van der Waals surface area contributed by atoms with Crippen LogP contribution in [0.3, 0.4) is 0 Å². The Morgan fingerprint density at radius 3 is 2.60 bits per heavy atom. The number of morpholine rings is 1. The zero-order valence-electron chi connectivity index (χ0n) is 10.4. The molecule has 0 bridgehead atoms. The van der Waals surface area contributed by atoms with Crippen LogP contribution >= 0.6 is 11.8 Å². The van der Waals surface area contributed by atoms with Crippen LogP contribution in [-0.2, 0) is 9.53 Å². The van der Waals surface area contributed by atoms with Crippen LogP contribution in [0.5, 0.6) is 0 Å². The highest BCUT2D eigenvalue weighted by atomic mass is 32.2. The number of anilines is 1. The zero-order valence-corrected chi connectivity index (χ0v) is 11.2. The Balaban J connectivity index is 1.91. The maximum Gasteiger partial charge on any atom is 0.446 e. The molecule has 1 unspecified atom stereocenters. The van der Waals surface area contributed by atoms with E-state index in [0.29, 0.717) is 25.4 Å². The summed E-state index contributed by atoms with van der Waals surface area (Å²) in [6, 6.07) is 5.49. The molecular weight excluding hydrogens is 293 g/mol. The van der Waals surface area contributed by atoms with E-state index in [4.69, 9.17) is 4.74 Å². The topological polar surface area (TPSA) is 50.4 Å². The van der Waals surface area contributed by atoms with Gasteiger partial charge >= 0.3 is 5.51 Å². The van der Waals surface area contributed by atoms with E-state index in [1.54, 1.807) is 0 Å². The van der Waals surface area contributed by atoms with E-state index in [1.165, 1.54) is 24.3 Å². The Bertz CT molecular complexity index is 459. The van der Waals surface area contributed by atoms with Crippen molar-refractivity contribution in [1.82, 2.24) is 5.32 Å². The summed E-state index contributed by atoms with van der Waals surface area (Å²) in [5.74, 6) is -0.312. The molecule has 4 nitrogen and oxygen atoms in total. The lowest BCUT2D eigenvalue weighted by atomic mass is 10.2. The van der Waals surface area contributed by atoms with Crippen molar-refractivity contribution in [3.63, 3.8) is 0 Å². The second kappa shape index (κ2) is 6.47. The highest BCUT2D eigenvalue weighted by molar-refractivity contribution is 8.00. The van der Waals surface area contributed by atoms with Gasteiger partial charge in [-0.3, -0.25) is 4.79 Å². The van der Waals surface area contributed by atoms with Gasteiger partial charge in [0, 0.05) is 23.7 Å². The summed E-state index contributed by atoms with van der Waals surface area (Å²) in [5.41, 5.74) is -3.87. The fraction of sp³-hybridized carbons (Fsp3) is 0.417. The van der Waals surface area contributed by atoms with Crippen molar-refractivity contribution in [2.75, 3.05) is 25.0 Å². The maximum absolute atomic E-state index is 12.2. The molecule has 1 aromatic carbocycles. The predicted molar refractivity (Wildman–Crippen MR) is 69.6 cm³/mol. The molecule has 0 spiro atoms. The standard InChI is InChI=1S/C12H13F3N2O2S/c13-12(14,15)20-9-3-1-8(2-4-9)17-11(18)10-7-16-5-6-19-10/h1-4,10,16H,5-7H2,(H,17,18). The third kappa shape index (κ3) is 4.69. The summed E-state index contributed by atoms with van der Waals surface area (Å²) >= 11 is -0.191.